The number of hydrogen-bond donors (Lipinski definition) is 1. The van der Waals surface area contributed by atoms with Crippen molar-refractivity contribution in [3.8, 4) is 11.5 Å². The zero-order valence-corrected chi connectivity index (χ0v) is 17.5. The number of anilines is 1. The number of fused-ring (bicyclic) bond motifs is 1. The number of aromatic nitrogens is 1. The highest BCUT2D eigenvalue weighted by Gasteiger charge is 2.18. The van der Waals surface area contributed by atoms with Gasteiger partial charge in [-0.15, -0.1) is 0 Å². The lowest BCUT2D eigenvalue weighted by Crippen LogP contribution is -2.11. The number of nitrogens with zero attached hydrogens (tertiary/aromatic N) is 1. The molecule has 0 unspecified atom stereocenters. The zero-order chi connectivity index (χ0) is 20.1. The molecule has 6 nitrogen and oxygen atoms in total. The Balaban J connectivity index is 2.02. The summed E-state index contributed by atoms with van der Waals surface area (Å²) in [6.07, 6.45) is 1.53. The minimum absolute atomic E-state index is 0.293. The number of hydrogen-bond acceptors (Lipinski definition) is 6. The third-order valence-electron chi connectivity index (χ3n) is 4.27. The Hall–Kier alpha value is -2.80. The highest BCUT2D eigenvalue weighted by Crippen LogP contribution is 2.35. The summed E-state index contributed by atoms with van der Waals surface area (Å²) in [5, 5.41) is 4.17. The summed E-state index contributed by atoms with van der Waals surface area (Å²) in [6.45, 7) is 2.60. The van der Waals surface area contributed by atoms with Gasteiger partial charge in [-0.1, -0.05) is 12.1 Å². The summed E-state index contributed by atoms with van der Waals surface area (Å²) in [6, 6.07) is 11.5. The van der Waals surface area contributed by atoms with Crippen LogP contribution in [0.5, 0.6) is 11.5 Å². The molecule has 0 aliphatic carbocycles. The summed E-state index contributed by atoms with van der Waals surface area (Å²) < 4.78 is 16.5. The maximum Gasteiger partial charge on any atom is 0.341 e. The van der Waals surface area contributed by atoms with Gasteiger partial charge in [0, 0.05) is 24.2 Å². The molecule has 146 valence electrons. The van der Waals surface area contributed by atoms with Crippen LogP contribution in [0.4, 0.5) is 5.69 Å². The average molecular weight is 445 g/mol. The van der Waals surface area contributed by atoms with Crippen LogP contribution in [0.15, 0.2) is 47.1 Å². The molecule has 1 aromatic heterocycles. The Kier molecular flexibility index (Phi) is 6.36. The standard InChI is InChI=1S/C21H21BrN2O4/c1-4-28-21(25)16-12-23-18-10-19(27-3)17(22)9-15(18)20(16)24-11-13-5-7-14(26-2)8-6-13/h5-10,12H,4,11H2,1-3H3,(H,23,24). The largest absolute Gasteiger partial charge is 0.497 e. The Morgan fingerprint density at radius 3 is 2.54 bits per heavy atom. The van der Waals surface area contributed by atoms with Crippen molar-refractivity contribution < 1.29 is 19.0 Å². The molecular weight excluding hydrogens is 424 g/mol. The van der Waals surface area contributed by atoms with Crippen LogP contribution in [0.25, 0.3) is 10.9 Å². The Labute approximate surface area is 171 Å². The van der Waals surface area contributed by atoms with E-state index in [9.17, 15) is 4.79 Å². The molecule has 3 aromatic rings. The normalized spacial score (nSPS) is 10.6. The highest BCUT2D eigenvalue weighted by atomic mass is 79.9. The summed E-state index contributed by atoms with van der Waals surface area (Å²) in [5.74, 6) is 1.05. The average Bonchev–Trinajstić information content (AvgIpc) is 2.72. The van der Waals surface area contributed by atoms with Gasteiger partial charge in [0.25, 0.3) is 0 Å². The molecule has 0 amide bonds. The van der Waals surface area contributed by atoms with Crippen molar-refractivity contribution in [3.05, 3.63) is 58.2 Å². The van der Waals surface area contributed by atoms with E-state index in [1.807, 2.05) is 36.4 Å². The first kappa shape index (κ1) is 19.9. The van der Waals surface area contributed by atoms with Gasteiger partial charge in [0.2, 0.25) is 0 Å². The minimum Gasteiger partial charge on any atom is -0.497 e. The molecule has 3 rings (SSSR count). The van der Waals surface area contributed by atoms with E-state index in [2.05, 4.69) is 26.2 Å². The molecule has 0 saturated carbocycles. The van der Waals surface area contributed by atoms with E-state index < -0.39 is 5.97 Å². The van der Waals surface area contributed by atoms with Crippen molar-refractivity contribution in [2.24, 2.45) is 0 Å². The van der Waals surface area contributed by atoms with Gasteiger partial charge < -0.3 is 19.5 Å². The Morgan fingerprint density at radius 1 is 1.14 bits per heavy atom. The van der Waals surface area contributed by atoms with Crippen LogP contribution in [0.3, 0.4) is 0 Å². The first-order valence-corrected chi connectivity index (χ1v) is 9.56. The summed E-state index contributed by atoms with van der Waals surface area (Å²) in [4.78, 5) is 16.9. The van der Waals surface area contributed by atoms with Gasteiger partial charge in [0.05, 0.1) is 36.5 Å². The van der Waals surface area contributed by atoms with Gasteiger partial charge >= 0.3 is 5.97 Å². The lowest BCUT2D eigenvalue weighted by atomic mass is 10.1. The van der Waals surface area contributed by atoms with E-state index in [1.165, 1.54) is 6.20 Å². The smallest absolute Gasteiger partial charge is 0.341 e. The highest BCUT2D eigenvalue weighted by molar-refractivity contribution is 9.10. The van der Waals surface area contributed by atoms with Crippen LogP contribution in [0.2, 0.25) is 0 Å². The van der Waals surface area contributed by atoms with Crippen molar-refractivity contribution in [3.63, 3.8) is 0 Å². The molecule has 0 bridgehead atoms. The van der Waals surface area contributed by atoms with E-state index in [4.69, 9.17) is 14.2 Å². The zero-order valence-electron chi connectivity index (χ0n) is 15.9. The second kappa shape index (κ2) is 8.93. The fourth-order valence-electron chi connectivity index (χ4n) is 2.84. The SMILES string of the molecule is CCOC(=O)c1cnc2cc(OC)c(Br)cc2c1NCc1ccc(OC)cc1. The maximum absolute atomic E-state index is 12.5. The van der Waals surface area contributed by atoms with Crippen LogP contribution in [0, 0.1) is 0 Å². The summed E-state index contributed by atoms with van der Waals surface area (Å²) in [7, 11) is 3.23. The molecule has 0 aliphatic heterocycles. The number of ether oxygens (including phenoxy) is 3. The van der Waals surface area contributed by atoms with E-state index >= 15 is 0 Å². The van der Waals surface area contributed by atoms with Gasteiger partial charge in [0.15, 0.2) is 0 Å². The first-order chi connectivity index (χ1) is 13.6. The van der Waals surface area contributed by atoms with Gasteiger partial charge in [-0.2, -0.15) is 0 Å². The van der Waals surface area contributed by atoms with Crippen LogP contribution in [0.1, 0.15) is 22.8 Å². The molecule has 1 heterocycles. The number of benzene rings is 2. The first-order valence-electron chi connectivity index (χ1n) is 8.77. The van der Waals surface area contributed by atoms with E-state index in [1.54, 1.807) is 21.1 Å². The number of carbonyl (C=O) groups excluding carboxylic acids is 1. The van der Waals surface area contributed by atoms with Crippen molar-refractivity contribution in [2.75, 3.05) is 26.1 Å². The van der Waals surface area contributed by atoms with Crippen LogP contribution in [-0.4, -0.2) is 31.8 Å². The number of carbonyl (C=O) groups is 1. The fraction of sp³-hybridized carbons (Fsp3) is 0.238. The van der Waals surface area contributed by atoms with Crippen LogP contribution < -0.4 is 14.8 Å². The Bertz CT molecular complexity index is 990. The van der Waals surface area contributed by atoms with Gasteiger partial charge in [-0.05, 0) is 46.6 Å². The van der Waals surface area contributed by atoms with Crippen molar-refractivity contribution in [1.82, 2.24) is 4.98 Å². The molecular formula is C21H21BrN2O4. The lowest BCUT2D eigenvalue weighted by molar-refractivity contribution is 0.0527. The molecule has 28 heavy (non-hydrogen) atoms. The summed E-state index contributed by atoms with van der Waals surface area (Å²) in [5.41, 5.74) is 2.82. The second-order valence-corrected chi connectivity index (χ2v) is 6.83. The monoisotopic (exact) mass is 444 g/mol. The van der Waals surface area contributed by atoms with Gasteiger partial charge in [0.1, 0.15) is 17.1 Å². The van der Waals surface area contributed by atoms with Gasteiger partial charge in [-0.25, -0.2) is 4.79 Å². The quantitative estimate of drug-likeness (QED) is 0.527. The van der Waals surface area contributed by atoms with Crippen molar-refractivity contribution >= 4 is 38.5 Å². The predicted octanol–water partition coefficient (Wildman–Crippen LogP) is 4.80. The molecule has 0 spiro atoms. The second-order valence-electron chi connectivity index (χ2n) is 5.97. The molecule has 2 aromatic carbocycles. The number of rotatable bonds is 7. The van der Waals surface area contributed by atoms with E-state index in [-0.39, 0.29) is 0 Å². The number of pyridine rings is 1. The number of esters is 1. The molecule has 7 heteroatoms. The molecule has 0 aliphatic rings. The van der Waals surface area contributed by atoms with E-state index in [0.717, 1.165) is 21.2 Å². The van der Waals surface area contributed by atoms with E-state index in [0.29, 0.717) is 35.7 Å². The third kappa shape index (κ3) is 4.20. The van der Waals surface area contributed by atoms with Crippen molar-refractivity contribution in [1.29, 1.82) is 0 Å². The topological polar surface area (TPSA) is 69.7 Å². The fourth-order valence-corrected chi connectivity index (χ4v) is 3.34. The predicted molar refractivity (Wildman–Crippen MR) is 112 cm³/mol. The van der Waals surface area contributed by atoms with Crippen molar-refractivity contribution in [2.45, 2.75) is 13.5 Å². The van der Waals surface area contributed by atoms with Crippen LogP contribution >= 0.6 is 15.9 Å². The third-order valence-corrected chi connectivity index (χ3v) is 4.88. The van der Waals surface area contributed by atoms with Crippen LogP contribution in [-0.2, 0) is 11.3 Å². The summed E-state index contributed by atoms with van der Waals surface area (Å²) >= 11 is 3.51. The maximum atomic E-state index is 12.5. The molecule has 0 radical (unpaired) electrons. The molecule has 0 saturated heterocycles. The Morgan fingerprint density at radius 2 is 1.89 bits per heavy atom. The molecule has 1 N–H and O–H groups in total. The molecule has 0 atom stereocenters. The van der Waals surface area contributed by atoms with Gasteiger partial charge in [-0.3, -0.25) is 4.98 Å². The number of halogens is 1. The lowest BCUT2D eigenvalue weighted by Gasteiger charge is -2.15. The number of methoxy groups -OCH3 is 2. The minimum atomic E-state index is -0.416. The molecule has 0 fully saturated rings. The number of nitrogens with one attached hydrogen (secondary N) is 1.